The number of carbonyl (C=O) groups excluding carboxylic acids is 6. The molecular formula is C48H56N14O8. The number of imidazole rings is 1. The summed E-state index contributed by atoms with van der Waals surface area (Å²) in [6.07, 6.45) is 8.11. The summed E-state index contributed by atoms with van der Waals surface area (Å²) >= 11 is 0. The van der Waals surface area contributed by atoms with Crippen LogP contribution in [-0.4, -0.2) is 113 Å². The maximum Gasteiger partial charge on any atom is 0.276 e. The van der Waals surface area contributed by atoms with E-state index in [1.54, 1.807) is 52.2 Å². The van der Waals surface area contributed by atoms with Crippen molar-refractivity contribution in [2.24, 2.45) is 17.2 Å². The Hall–Kier alpha value is -8.69. The summed E-state index contributed by atoms with van der Waals surface area (Å²) in [6, 6.07) is 9.71. The molecule has 2 aromatic carbocycles. The number of aromatic nitrogens is 7. The average molecular weight is 957 g/mol. The molecule has 9 N–H and O–H groups in total. The highest BCUT2D eigenvalue weighted by Gasteiger charge is 2.26. The van der Waals surface area contributed by atoms with Crippen LogP contribution in [0.4, 0.5) is 11.6 Å². The summed E-state index contributed by atoms with van der Waals surface area (Å²) < 4.78 is 19.1. The molecule has 0 radical (unpaired) electrons. The van der Waals surface area contributed by atoms with Crippen molar-refractivity contribution in [1.29, 1.82) is 0 Å². The SMILES string of the molecule is CCn1nc(C)cc1C(=O)Nc1nc2cc(C(N)=O)cc(OCCCN(C)C(=O)CCN3C(=O)C=CC3=O)c2n1C/C=C/Cn1c(/C=C(\N)c2cc(C)nn2CC)c(N)c2cc(C(N)=O)cc(OC)c21. The maximum absolute atomic E-state index is 13.9. The van der Waals surface area contributed by atoms with E-state index in [2.05, 4.69) is 15.5 Å². The zero-order valence-corrected chi connectivity index (χ0v) is 39.8. The van der Waals surface area contributed by atoms with E-state index in [1.165, 1.54) is 36.3 Å². The predicted molar refractivity (Wildman–Crippen MR) is 262 cm³/mol. The minimum Gasteiger partial charge on any atom is -0.495 e. The maximum atomic E-state index is 13.9. The number of primary amides is 2. The van der Waals surface area contributed by atoms with E-state index in [9.17, 15) is 28.8 Å². The number of hydrogen-bond donors (Lipinski definition) is 5. The van der Waals surface area contributed by atoms with Gasteiger partial charge in [-0.2, -0.15) is 10.2 Å². The van der Waals surface area contributed by atoms with Crippen LogP contribution in [0.1, 0.15) is 80.7 Å². The van der Waals surface area contributed by atoms with Crippen LogP contribution in [0.5, 0.6) is 11.5 Å². The second-order valence-corrected chi connectivity index (χ2v) is 16.5. The number of aryl methyl sites for hydroxylation is 4. The topological polar surface area (TPSA) is 302 Å². The number of amides is 6. The van der Waals surface area contributed by atoms with Crippen molar-refractivity contribution in [2.45, 2.75) is 66.7 Å². The van der Waals surface area contributed by atoms with Gasteiger partial charge in [0.05, 0.1) is 58.9 Å². The number of nitrogens with two attached hydrogens (primary N) is 4. The molecule has 70 heavy (non-hydrogen) atoms. The second kappa shape index (κ2) is 20.7. The lowest BCUT2D eigenvalue weighted by atomic mass is 10.1. The summed E-state index contributed by atoms with van der Waals surface area (Å²) in [5.74, 6) is -2.36. The van der Waals surface area contributed by atoms with Crippen molar-refractivity contribution in [3.05, 3.63) is 100 Å². The average Bonchev–Trinajstić information content (AvgIpc) is 4.14. The van der Waals surface area contributed by atoms with Gasteiger partial charge < -0.3 is 46.4 Å². The molecule has 6 aromatic rings. The number of fused-ring (bicyclic) bond motifs is 2. The van der Waals surface area contributed by atoms with Crippen molar-refractivity contribution in [3.63, 3.8) is 0 Å². The lowest BCUT2D eigenvalue weighted by Crippen LogP contribution is -2.36. The van der Waals surface area contributed by atoms with E-state index in [1.807, 2.05) is 43.6 Å². The van der Waals surface area contributed by atoms with Gasteiger partial charge in [-0.1, -0.05) is 12.2 Å². The molecule has 0 atom stereocenters. The first kappa shape index (κ1) is 49.2. The van der Waals surface area contributed by atoms with Crippen LogP contribution in [0.3, 0.4) is 0 Å². The molecule has 1 aliphatic heterocycles. The molecule has 1 aliphatic rings. The number of nitrogens with zero attached hydrogens (tertiary/aromatic N) is 9. The van der Waals surface area contributed by atoms with Crippen molar-refractivity contribution in [1.82, 2.24) is 43.5 Å². The molecule has 4 aromatic heterocycles. The van der Waals surface area contributed by atoms with Crippen LogP contribution in [0.25, 0.3) is 33.7 Å². The fourth-order valence-corrected chi connectivity index (χ4v) is 8.29. The number of allylic oxidation sites excluding steroid dienone is 2. The molecule has 0 saturated heterocycles. The van der Waals surface area contributed by atoms with E-state index in [-0.39, 0.29) is 67.9 Å². The molecule has 5 heterocycles. The highest BCUT2D eigenvalue weighted by Crippen LogP contribution is 2.38. The van der Waals surface area contributed by atoms with Crippen molar-refractivity contribution in [2.75, 3.05) is 44.9 Å². The summed E-state index contributed by atoms with van der Waals surface area (Å²) in [6.45, 7) is 9.12. The number of hydrogen-bond acceptors (Lipinski definition) is 13. The number of carbonyl (C=O) groups is 6. The third-order valence-corrected chi connectivity index (χ3v) is 11.8. The first-order valence-corrected chi connectivity index (χ1v) is 22.5. The Morgan fingerprint density at radius 2 is 1.40 bits per heavy atom. The van der Waals surface area contributed by atoms with Crippen molar-refractivity contribution < 1.29 is 38.2 Å². The monoisotopic (exact) mass is 956 g/mol. The molecule has 7 rings (SSSR count). The number of imide groups is 1. The van der Waals surface area contributed by atoms with E-state index >= 15 is 0 Å². The Labute approximate surface area is 402 Å². The van der Waals surface area contributed by atoms with Crippen LogP contribution in [0.2, 0.25) is 0 Å². The Kier molecular flexibility index (Phi) is 14.5. The summed E-state index contributed by atoms with van der Waals surface area (Å²) in [5.41, 5.74) is 30.4. The number of nitrogens with one attached hydrogen (secondary N) is 1. The standard InChI is InChI=1S/C48H56N14O8/c1-7-61-34(20-27(3)55-61)32(49)26-35-42(50)31-22-29(45(51)66)24-37(69-6)43(31)58(35)16-9-10-17-60-44-33(53-48(60)54-47(68)36-21-28(4)56-62(36)8-2)23-30(46(52)67)25-38(44)70-19-11-15-57(5)39(63)14-18-59-40(64)12-13-41(59)65/h9-10,12-13,20-26H,7-8,11,14-19,49-50H2,1-6H3,(H2,51,66)(H2,52,67)(H,53,54,68)/b10-9+,32-26-. The van der Waals surface area contributed by atoms with Crippen LogP contribution < -0.4 is 37.7 Å². The number of nitrogen functional groups attached to an aromatic ring is 1. The zero-order valence-electron chi connectivity index (χ0n) is 39.8. The quantitative estimate of drug-likeness (QED) is 0.0393. The van der Waals surface area contributed by atoms with E-state index in [0.717, 1.165) is 10.6 Å². The second-order valence-electron chi connectivity index (χ2n) is 16.5. The van der Waals surface area contributed by atoms with Crippen LogP contribution in [0.15, 0.2) is 60.7 Å². The molecule has 22 nitrogen and oxygen atoms in total. The molecule has 0 bridgehead atoms. The first-order valence-electron chi connectivity index (χ1n) is 22.5. The third-order valence-electron chi connectivity index (χ3n) is 11.8. The van der Waals surface area contributed by atoms with Gasteiger partial charge in [0.2, 0.25) is 23.7 Å². The fraction of sp³-hybridized carbons (Fsp3) is 0.312. The highest BCUT2D eigenvalue weighted by atomic mass is 16.5. The van der Waals surface area contributed by atoms with Crippen LogP contribution in [-0.2, 0) is 40.6 Å². The van der Waals surface area contributed by atoms with Gasteiger partial charge in [-0.3, -0.25) is 48.3 Å². The minimum atomic E-state index is -0.735. The minimum absolute atomic E-state index is 0.0409. The molecular weight excluding hydrogens is 901 g/mol. The van der Waals surface area contributed by atoms with Crippen LogP contribution >= 0.6 is 0 Å². The summed E-state index contributed by atoms with van der Waals surface area (Å²) in [5, 5.41) is 12.4. The predicted octanol–water partition coefficient (Wildman–Crippen LogP) is 3.34. The molecule has 0 spiro atoms. The van der Waals surface area contributed by atoms with Crippen LogP contribution in [0, 0.1) is 13.8 Å². The highest BCUT2D eigenvalue weighted by molar-refractivity contribution is 6.13. The van der Waals surface area contributed by atoms with Gasteiger partial charge >= 0.3 is 0 Å². The Morgan fingerprint density at radius 3 is 2.03 bits per heavy atom. The number of benzene rings is 2. The largest absolute Gasteiger partial charge is 0.495 e. The number of rotatable bonds is 21. The van der Waals surface area contributed by atoms with E-state index < -0.39 is 29.5 Å². The lowest BCUT2D eigenvalue weighted by Gasteiger charge is -2.19. The zero-order chi connectivity index (χ0) is 50.6. The van der Waals surface area contributed by atoms with Crippen molar-refractivity contribution in [3.8, 4) is 11.5 Å². The van der Waals surface area contributed by atoms with Gasteiger partial charge in [-0.15, -0.1) is 0 Å². The molecule has 22 heteroatoms. The fourth-order valence-electron chi connectivity index (χ4n) is 8.29. The Morgan fingerprint density at radius 1 is 0.800 bits per heavy atom. The van der Waals surface area contributed by atoms with Gasteiger partial charge in [-0.25, -0.2) is 4.98 Å². The van der Waals surface area contributed by atoms with Gasteiger partial charge in [0, 0.05) is 81.4 Å². The molecule has 0 fully saturated rings. The normalized spacial score (nSPS) is 12.8. The molecule has 6 amide bonds. The lowest BCUT2D eigenvalue weighted by molar-refractivity contribution is -0.138. The third kappa shape index (κ3) is 10.1. The first-order chi connectivity index (χ1) is 33.4. The summed E-state index contributed by atoms with van der Waals surface area (Å²) in [4.78, 5) is 83.1. The number of ether oxygens (including phenoxy) is 2. The van der Waals surface area contributed by atoms with E-state index in [4.69, 9.17) is 37.4 Å². The Balaban J connectivity index is 1.23. The van der Waals surface area contributed by atoms with Gasteiger partial charge in [0.25, 0.3) is 17.7 Å². The molecule has 0 saturated carbocycles. The molecule has 0 aliphatic carbocycles. The molecule has 0 unspecified atom stereocenters. The summed E-state index contributed by atoms with van der Waals surface area (Å²) in [7, 11) is 3.09. The smallest absolute Gasteiger partial charge is 0.276 e. The van der Waals surface area contributed by atoms with E-state index in [0.29, 0.717) is 81.4 Å². The van der Waals surface area contributed by atoms with Gasteiger partial charge in [0.1, 0.15) is 22.7 Å². The number of methoxy groups -OCH3 is 1. The van der Waals surface area contributed by atoms with Gasteiger partial charge in [0.15, 0.2) is 0 Å². The Bertz CT molecular complexity index is 3150. The van der Waals surface area contributed by atoms with Crippen molar-refractivity contribution >= 4 is 80.8 Å². The number of anilines is 2. The van der Waals surface area contributed by atoms with Gasteiger partial charge in [-0.05, 0) is 76.6 Å². The molecule has 366 valence electrons.